The average Bonchev–Trinajstić information content (AvgIpc) is 2.53. The Labute approximate surface area is 146 Å². The van der Waals surface area contributed by atoms with Crippen molar-refractivity contribution in [2.24, 2.45) is 5.92 Å². The molecule has 0 N–H and O–H groups in total. The molecule has 0 radical (unpaired) electrons. The van der Waals surface area contributed by atoms with Gasteiger partial charge in [0.25, 0.3) is 0 Å². The number of rotatable bonds is 18. The van der Waals surface area contributed by atoms with Gasteiger partial charge in [-0.25, -0.2) is 0 Å². The Bertz CT molecular complexity index is 267. The first kappa shape index (κ1) is 22.4. The summed E-state index contributed by atoms with van der Waals surface area (Å²) in [4.78, 5) is 10.4. The van der Waals surface area contributed by atoms with Crippen molar-refractivity contribution >= 4 is 6.29 Å². The quantitative estimate of drug-likeness (QED) is 0.144. The van der Waals surface area contributed by atoms with Gasteiger partial charge in [-0.1, -0.05) is 110 Å². The van der Waals surface area contributed by atoms with Crippen LogP contribution in [0.1, 0.15) is 117 Å². The van der Waals surface area contributed by atoms with E-state index in [1.807, 2.05) is 0 Å². The average molecular weight is 323 g/mol. The molecule has 0 heterocycles. The van der Waals surface area contributed by atoms with Crippen LogP contribution >= 0.6 is 0 Å². The molecule has 0 aromatic heterocycles. The highest BCUT2D eigenvalue weighted by Gasteiger charge is 1.96. The van der Waals surface area contributed by atoms with E-state index in [0.717, 1.165) is 30.6 Å². The number of allylic oxidation sites excluding steroid dienone is 1. The highest BCUT2D eigenvalue weighted by molar-refractivity contribution is 5.71. The van der Waals surface area contributed by atoms with E-state index >= 15 is 0 Å². The van der Waals surface area contributed by atoms with E-state index in [4.69, 9.17) is 0 Å². The summed E-state index contributed by atoms with van der Waals surface area (Å²) in [5, 5.41) is 0. The van der Waals surface area contributed by atoms with Gasteiger partial charge in [-0.3, -0.25) is 4.79 Å². The lowest BCUT2D eigenvalue weighted by Gasteiger charge is -2.05. The van der Waals surface area contributed by atoms with Crippen molar-refractivity contribution in [2.75, 3.05) is 0 Å². The van der Waals surface area contributed by atoms with Crippen LogP contribution in [0.4, 0.5) is 0 Å². The Balaban J connectivity index is 3.02. The van der Waals surface area contributed by atoms with E-state index in [9.17, 15) is 4.79 Å². The molecule has 0 unspecified atom stereocenters. The van der Waals surface area contributed by atoms with E-state index in [1.165, 1.54) is 89.9 Å². The topological polar surface area (TPSA) is 17.1 Å². The van der Waals surface area contributed by atoms with Gasteiger partial charge in [-0.15, -0.1) is 0 Å². The smallest absolute Gasteiger partial charge is 0.145 e. The number of carbonyl (C=O) groups excluding carboxylic acids is 1. The van der Waals surface area contributed by atoms with Crippen molar-refractivity contribution in [1.82, 2.24) is 0 Å². The second kappa shape index (κ2) is 17.8. The minimum atomic E-state index is 0.755. The zero-order chi connectivity index (χ0) is 17.2. The molecule has 0 amide bonds. The van der Waals surface area contributed by atoms with E-state index in [1.54, 1.807) is 0 Å². The number of carbonyl (C=O) groups is 1. The summed E-state index contributed by atoms with van der Waals surface area (Å²) in [6, 6.07) is 0. The first-order valence-electron chi connectivity index (χ1n) is 10.3. The zero-order valence-corrected chi connectivity index (χ0v) is 16.1. The second-order valence-electron chi connectivity index (χ2n) is 7.66. The van der Waals surface area contributed by atoms with Crippen LogP contribution in [0, 0.1) is 5.92 Å². The van der Waals surface area contributed by atoms with Gasteiger partial charge in [0.2, 0.25) is 0 Å². The van der Waals surface area contributed by atoms with Gasteiger partial charge in [0, 0.05) is 0 Å². The number of hydrogen-bond donors (Lipinski definition) is 0. The molecule has 136 valence electrons. The summed E-state index contributed by atoms with van der Waals surface area (Å²) < 4.78 is 0. The van der Waals surface area contributed by atoms with Crippen molar-refractivity contribution in [3.05, 3.63) is 12.2 Å². The van der Waals surface area contributed by atoms with E-state index in [2.05, 4.69) is 20.4 Å². The van der Waals surface area contributed by atoms with Gasteiger partial charge in [0.05, 0.1) is 0 Å². The maximum absolute atomic E-state index is 10.4. The van der Waals surface area contributed by atoms with Gasteiger partial charge >= 0.3 is 0 Å². The summed E-state index contributed by atoms with van der Waals surface area (Å²) >= 11 is 0. The molecule has 0 aliphatic rings. The van der Waals surface area contributed by atoms with Crippen molar-refractivity contribution in [1.29, 1.82) is 0 Å². The molecule has 1 heteroatoms. The van der Waals surface area contributed by atoms with Crippen LogP contribution < -0.4 is 0 Å². The predicted octanol–water partition coefficient (Wildman–Crippen LogP) is 7.64. The first-order valence-corrected chi connectivity index (χ1v) is 10.3. The summed E-state index contributed by atoms with van der Waals surface area (Å²) in [6.07, 6.45) is 22.6. The van der Waals surface area contributed by atoms with Crippen LogP contribution in [0.3, 0.4) is 0 Å². The molecule has 0 saturated carbocycles. The Kier molecular flexibility index (Phi) is 17.3. The Hall–Kier alpha value is -0.590. The molecule has 0 aliphatic carbocycles. The Morgan fingerprint density at radius 2 is 1.04 bits per heavy atom. The van der Waals surface area contributed by atoms with Crippen molar-refractivity contribution in [3.8, 4) is 0 Å². The monoisotopic (exact) mass is 322 g/mol. The van der Waals surface area contributed by atoms with Crippen LogP contribution in [0.25, 0.3) is 0 Å². The van der Waals surface area contributed by atoms with Gasteiger partial charge < -0.3 is 0 Å². The van der Waals surface area contributed by atoms with Gasteiger partial charge in [-0.2, -0.15) is 0 Å². The number of hydrogen-bond acceptors (Lipinski definition) is 1. The van der Waals surface area contributed by atoms with E-state index < -0.39 is 0 Å². The minimum Gasteiger partial charge on any atom is -0.298 e. The molecule has 0 aromatic rings. The highest BCUT2D eigenvalue weighted by atomic mass is 16.1. The van der Waals surface area contributed by atoms with Gasteiger partial charge in [-0.05, 0) is 24.3 Å². The molecule has 0 rings (SSSR count). The lowest BCUT2D eigenvalue weighted by atomic mass is 10.0. The summed E-state index contributed by atoms with van der Waals surface area (Å²) in [5.41, 5.74) is 0.755. The van der Waals surface area contributed by atoms with E-state index in [0.29, 0.717) is 0 Å². The van der Waals surface area contributed by atoms with E-state index in [-0.39, 0.29) is 0 Å². The summed E-state index contributed by atoms with van der Waals surface area (Å²) in [6.45, 7) is 8.36. The normalized spacial score (nSPS) is 11.1. The SMILES string of the molecule is C=C(C=O)CCCCCCCCCCCCCCCCC(C)C. The number of aldehydes is 1. The van der Waals surface area contributed by atoms with Crippen LogP contribution in [0.5, 0.6) is 0 Å². The zero-order valence-electron chi connectivity index (χ0n) is 16.1. The highest BCUT2D eigenvalue weighted by Crippen LogP contribution is 2.15. The largest absolute Gasteiger partial charge is 0.298 e. The van der Waals surface area contributed by atoms with Gasteiger partial charge in [0.15, 0.2) is 0 Å². The standard InChI is InChI=1S/C22H42O/c1-21(2)18-16-14-12-10-8-6-4-5-7-9-11-13-15-17-19-22(3)20-23/h20-21H,3-19H2,1-2H3. The first-order chi connectivity index (χ1) is 11.2. The molecule has 0 saturated heterocycles. The van der Waals surface area contributed by atoms with Crippen LogP contribution in [0.15, 0.2) is 12.2 Å². The second-order valence-corrected chi connectivity index (χ2v) is 7.66. The fourth-order valence-electron chi connectivity index (χ4n) is 3.08. The van der Waals surface area contributed by atoms with Crippen LogP contribution in [-0.2, 0) is 4.79 Å². The molecular formula is C22H42O. The minimum absolute atomic E-state index is 0.755. The molecular weight excluding hydrogens is 280 g/mol. The molecule has 0 fully saturated rings. The fraction of sp³-hybridized carbons (Fsp3) is 0.864. The lowest BCUT2D eigenvalue weighted by Crippen LogP contribution is -1.87. The van der Waals surface area contributed by atoms with Crippen LogP contribution in [0.2, 0.25) is 0 Å². The predicted molar refractivity (Wildman–Crippen MR) is 104 cm³/mol. The molecule has 0 aromatic carbocycles. The molecule has 0 bridgehead atoms. The maximum Gasteiger partial charge on any atom is 0.145 e. The molecule has 1 nitrogen and oxygen atoms in total. The van der Waals surface area contributed by atoms with Crippen molar-refractivity contribution in [2.45, 2.75) is 117 Å². The fourth-order valence-corrected chi connectivity index (χ4v) is 3.08. The molecule has 0 aliphatic heterocycles. The third-order valence-electron chi connectivity index (χ3n) is 4.70. The van der Waals surface area contributed by atoms with Crippen LogP contribution in [-0.4, -0.2) is 6.29 Å². The maximum atomic E-state index is 10.4. The summed E-state index contributed by atoms with van der Waals surface area (Å²) in [7, 11) is 0. The third-order valence-corrected chi connectivity index (χ3v) is 4.70. The van der Waals surface area contributed by atoms with Crippen molar-refractivity contribution < 1.29 is 4.79 Å². The molecule has 0 atom stereocenters. The number of unbranched alkanes of at least 4 members (excludes halogenated alkanes) is 13. The molecule has 0 spiro atoms. The van der Waals surface area contributed by atoms with Gasteiger partial charge in [0.1, 0.15) is 6.29 Å². The van der Waals surface area contributed by atoms with Crippen molar-refractivity contribution in [3.63, 3.8) is 0 Å². The lowest BCUT2D eigenvalue weighted by molar-refractivity contribution is -0.105. The Morgan fingerprint density at radius 3 is 1.39 bits per heavy atom. The molecule has 23 heavy (non-hydrogen) atoms. The Morgan fingerprint density at radius 1 is 0.696 bits per heavy atom. The third kappa shape index (κ3) is 19.4. The summed E-state index contributed by atoms with van der Waals surface area (Å²) in [5.74, 6) is 0.880.